The van der Waals surface area contributed by atoms with Gasteiger partial charge in [0, 0.05) is 6.54 Å². The second-order valence-corrected chi connectivity index (χ2v) is 7.11. The van der Waals surface area contributed by atoms with Gasteiger partial charge in [0.05, 0.1) is 6.04 Å². The van der Waals surface area contributed by atoms with E-state index in [1.165, 1.54) is 18.4 Å². The third-order valence-electron chi connectivity index (χ3n) is 5.47. The van der Waals surface area contributed by atoms with Crippen molar-refractivity contribution in [3.63, 3.8) is 0 Å². The number of likely N-dealkylation sites (tertiary alicyclic amines) is 1. The van der Waals surface area contributed by atoms with Crippen LogP contribution in [-0.4, -0.2) is 17.5 Å². The minimum atomic E-state index is -0.191. The fourth-order valence-electron chi connectivity index (χ4n) is 3.76. The number of benzene rings is 2. The molecule has 24 heavy (non-hydrogen) atoms. The lowest BCUT2D eigenvalue weighted by molar-refractivity contribution is 0.0527. The number of piperidine rings is 1. The number of rotatable bonds is 3. The lowest BCUT2D eigenvalue weighted by atomic mass is 9.85. The first-order chi connectivity index (χ1) is 11.8. The molecule has 3 nitrogen and oxygen atoms in total. The van der Waals surface area contributed by atoms with E-state index >= 15 is 0 Å². The van der Waals surface area contributed by atoms with Gasteiger partial charge in [0.15, 0.2) is 0 Å². The molecule has 1 spiro atoms. The molecular weight excluding hydrogens is 298 g/mol. The lowest BCUT2D eigenvalue weighted by Gasteiger charge is -2.39. The van der Waals surface area contributed by atoms with Gasteiger partial charge in [0.25, 0.3) is 0 Å². The number of nitrogens with zero attached hydrogens (tertiary/aromatic N) is 1. The molecule has 2 fully saturated rings. The number of carbonyl (C=O) groups is 1. The van der Waals surface area contributed by atoms with Crippen LogP contribution >= 0.6 is 0 Å². The van der Waals surface area contributed by atoms with E-state index in [1.807, 2.05) is 41.3 Å². The molecule has 3 heteroatoms. The van der Waals surface area contributed by atoms with Crippen LogP contribution in [0.4, 0.5) is 4.79 Å². The highest BCUT2D eigenvalue weighted by atomic mass is 16.6. The van der Waals surface area contributed by atoms with Crippen LogP contribution in [0.15, 0.2) is 60.7 Å². The van der Waals surface area contributed by atoms with Crippen LogP contribution in [-0.2, 0) is 11.3 Å². The molecule has 4 rings (SSSR count). The van der Waals surface area contributed by atoms with Gasteiger partial charge < -0.3 is 9.64 Å². The molecule has 124 valence electrons. The molecule has 1 saturated carbocycles. The number of amides is 1. The molecule has 1 aliphatic carbocycles. The van der Waals surface area contributed by atoms with Crippen LogP contribution < -0.4 is 0 Å². The molecule has 0 aromatic heterocycles. The molecule has 1 aliphatic heterocycles. The van der Waals surface area contributed by atoms with Gasteiger partial charge in [-0.25, -0.2) is 4.79 Å². The summed E-state index contributed by atoms with van der Waals surface area (Å²) < 4.78 is 5.59. The van der Waals surface area contributed by atoms with Crippen molar-refractivity contribution in [1.29, 1.82) is 0 Å². The van der Waals surface area contributed by atoms with Crippen molar-refractivity contribution >= 4 is 6.09 Å². The van der Waals surface area contributed by atoms with E-state index in [2.05, 4.69) is 24.3 Å². The van der Waals surface area contributed by atoms with Gasteiger partial charge >= 0.3 is 6.09 Å². The van der Waals surface area contributed by atoms with Crippen LogP contribution in [0.2, 0.25) is 0 Å². The predicted octanol–water partition coefficient (Wildman–Crippen LogP) is 4.94. The Labute approximate surface area is 143 Å². The Morgan fingerprint density at radius 1 is 1.00 bits per heavy atom. The Hall–Kier alpha value is -2.29. The van der Waals surface area contributed by atoms with E-state index < -0.39 is 0 Å². The van der Waals surface area contributed by atoms with Crippen LogP contribution in [0.5, 0.6) is 0 Å². The summed E-state index contributed by atoms with van der Waals surface area (Å²) >= 11 is 0. The third-order valence-corrected chi connectivity index (χ3v) is 5.47. The maximum absolute atomic E-state index is 12.7. The minimum Gasteiger partial charge on any atom is -0.445 e. The molecule has 0 N–H and O–H groups in total. The van der Waals surface area contributed by atoms with Crippen LogP contribution in [0, 0.1) is 5.41 Å². The number of hydrogen-bond donors (Lipinski definition) is 0. The van der Waals surface area contributed by atoms with Gasteiger partial charge in [-0.15, -0.1) is 0 Å². The highest BCUT2D eigenvalue weighted by Gasteiger charge is 2.49. The summed E-state index contributed by atoms with van der Waals surface area (Å²) in [5.41, 5.74) is 2.73. The van der Waals surface area contributed by atoms with Crippen LogP contribution in [0.25, 0.3) is 0 Å². The van der Waals surface area contributed by atoms with Crippen molar-refractivity contribution in [3.8, 4) is 0 Å². The Balaban J connectivity index is 1.48. The maximum atomic E-state index is 12.7. The zero-order valence-electron chi connectivity index (χ0n) is 13.9. The third kappa shape index (κ3) is 3.16. The smallest absolute Gasteiger partial charge is 0.410 e. The van der Waals surface area contributed by atoms with Crippen molar-refractivity contribution in [3.05, 3.63) is 71.8 Å². The predicted molar refractivity (Wildman–Crippen MR) is 93.4 cm³/mol. The summed E-state index contributed by atoms with van der Waals surface area (Å²) in [5.74, 6) is 0. The second-order valence-electron chi connectivity index (χ2n) is 7.11. The molecule has 1 amide bonds. The number of ether oxygens (including phenoxy) is 1. The first kappa shape index (κ1) is 15.3. The molecule has 1 saturated heterocycles. The first-order valence-corrected chi connectivity index (χ1v) is 8.78. The average Bonchev–Trinajstić information content (AvgIpc) is 3.40. The Bertz CT molecular complexity index is 694. The molecule has 2 aromatic rings. The van der Waals surface area contributed by atoms with E-state index in [9.17, 15) is 4.79 Å². The summed E-state index contributed by atoms with van der Waals surface area (Å²) in [6, 6.07) is 20.4. The van der Waals surface area contributed by atoms with Gasteiger partial charge in [-0.3, -0.25) is 0 Å². The van der Waals surface area contributed by atoms with Crippen molar-refractivity contribution in [2.75, 3.05) is 6.54 Å². The van der Waals surface area contributed by atoms with E-state index in [1.54, 1.807) is 0 Å². The normalized spacial score (nSPS) is 21.5. The van der Waals surface area contributed by atoms with Crippen LogP contribution in [0.3, 0.4) is 0 Å². The molecule has 1 unspecified atom stereocenters. The van der Waals surface area contributed by atoms with Gasteiger partial charge in [-0.05, 0) is 42.2 Å². The first-order valence-electron chi connectivity index (χ1n) is 8.78. The van der Waals surface area contributed by atoms with Crippen molar-refractivity contribution < 1.29 is 9.53 Å². The molecule has 0 radical (unpaired) electrons. The highest BCUT2D eigenvalue weighted by molar-refractivity contribution is 5.68. The lowest BCUT2D eigenvalue weighted by Crippen LogP contribution is -2.41. The standard InChI is InChI=1S/C21H23NO2/c23-20(24-16-17-7-3-1-4-8-17)22-14-13-21(11-12-21)15-19(22)18-9-5-2-6-10-18/h1-10,19H,11-16H2. The highest BCUT2D eigenvalue weighted by Crippen LogP contribution is 2.58. The molecule has 0 bridgehead atoms. The molecular formula is C21H23NO2. The summed E-state index contributed by atoms with van der Waals surface area (Å²) in [4.78, 5) is 14.6. The second kappa shape index (κ2) is 6.31. The summed E-state index contributed by atoms with van der Waals surface area (Å²) in [7, 11) is 0. The minimum absolute atomic E-state index is 0.144. The van der Waals surface area contributed by atoms with Gasteiger partial charge in [-0.1, -0.05) is 60.7 Å². The zero-order valence-corrected chi connectivity index (χ0v) is 13.9. The summed E-state index contributed by atoms with van der Waals surface area (Å²) in [6.45, 7) is 1.13. The molecule has 1 atom stereocenters. The van der Waals surface area contributed by atoms with Gasteiger partial charge in [0.1, 0.15) is 6.61 Å². The van der Waals surface area contributed by atoms with Gasteiger partial charge in [0.2, 0.25) is 0 Å². The molecule has 1 heterocycles. The fourth-order valence-corrected chi connectivity index (χ4v) is 3.76. The molecule has 2 aromatic carbocycles. The van der Waals surface area contributed by atoms with E-state index in [0.717, 1.165) is 24.9 Å². The fraction of sp³-hybridized carbons (Fsp3) is 0.381. The van der Waals surface area contributed by atoms with E-state index in [-0.39, 0.29) is 12.1 Å². The number of carbonyl (C=O) groups excluding carboxylic acids is 1. The Kier molecular flexibility index (Phi) is 4.01. The quantitative estimate of drug-likeness (QED) is 0.801. The van der Waals surface area contributed by atoms with Crippen molar-refractivity contribution in [2.45, 2.75) is 38.3 Å². The Morgan fingerprint density at radius 2 is 1.67 bits per heavy atom. The average molecular weight is 321 g/mol. The summed E-state index contributed by atoms with van der Waals surface area (Å²) in [6.07, 6.45) is 4.60. The van der Waals surface area contributed by atoms with E-state index in [4.69, 9.17) is 4.74 Å². The van der Waals surface area contributed by atoms with E-state index in [0.29, 0.717) is 12.0 Å². The maximum Gasteiger partial charge on any atom is 0.410 e. The summed E-state index contributed by atoms with van der Waals surface area (Å²) in [5, 5.41) is 0. The Morgan fingerprint density at radius 3 is 2.33 bits per heavy atom. The van der Waals surface area contributed by atoms with Crippen LogP contribution in [0.1, 0.15) is 42.9 Å². The van der Waals surface area contributed by atoms with Crippen molar-refractivity contribution in [2.24, 2.45) is 5.41 Å². The van der Waals surface area contributed by atoms with Gasteiger partial charge in [-0.2, -0.15) is 0 Å². The topological polar surface area (TPSA) is 29.5 Å². The SMILES string of the molecule is O=C(OCc1ccccc1)N1CCC2(CC2)CC1c1ccccc1. The monoisotopic (exact) mass is 321 g/mol. The van der Waals surface area contributed by atoms with Crippen molar-refractivity contribution in [1.82, 2.24) is 4.90 Å². The zero-order chi connectivity index (χ0) is 16.4. The number of hydrogen-bond acceptors (Lipinski definition) is 2. The largest absolute Gasteiger partial charge is 0.445 e. The molecule has 2 aliphatic rings.